The summed E-state index contributed by atoms with van der Waals surface area (Å²) in [4.78, 5) is 0. The van der Waals surface area contributed by atoms with Gasteiger partial charge in [0.15, 0.2) is 0 Å². The molecule has 0 aromatic heterocycles. The van der Waals surface area contributed by atoms with Gasteiger partial charge in [-0.15, -0.1) is 0 Å². The average molecular weight is 335 g/mol. The third-order valence-corrected chi connectivity index (χ3v) is 14.4. The van der Waals surface area contributed by atoms with Gasteiger partial charge in [-0.1, -0.05) is 0 Å². The minimum absolute atomic E-state index is 1.35. The molecule has 0 atom stereocenters. The Morgan fingerprint density at radius 1 is 0.700 bits per heavy atom. The van der Waals surface area contributed by atoms with E-state index >= 15 is 0 Å². The molecule has 0 N–H and O–H groups in total. The van der Waals surface area contributed by atoms with E-state index in [0.29, 0.717) is 0 Å². The molecule has 0 aliphatic heterocycles. The van der Waals surface area contributed by atoms with Crippen molar-refractivity contribution in [3.63, 3.8) is 0 Å². The van der Waals surface area contributed by atoms with Crippen molar-refractivity contribution in [1.82, 2.24) is 0 Å². The van der Waals surface area contributed by atoms with Gasteiger partial charge >= 0.3 is 129 Å². The summed E-state index contributed by atoms with van der Waals surface area (Å²) in [6.45, 7) is 4.62. The molecule has 0 saturated carbocycles. The summed E-state index contributed by atoms with van der Waals surface area (Å²) in [5, 5.41) is 3.08. The quantitative estimate of drug-likeness (QED) is 0.337. The van der Waals surface area contributed by atoms with Gasteiger partial charge < -0.3 is 0 Å². The second kappa shape index (κ2) is 10.5. The van der Waals surface area contributed by atoms with Gasteiger partial charge in [-0.3, -0.25) is 0 Å². The fraction of sp³-hybridized carbons (Fsp3) is 0.684. The molecule has 0 saturated heterocycles. The molecule has 1 heteroatoms. The fourth-order valence-electron chi connectivity index (χ4n) is 3.14. The Hall–Kier alpha value is -0.237. The van der Waals surface area contributed by atoms with Crippen molar-refractivity contribution in [3.8, 4) is 0 Å². The molecule has 114 valence electrons. The van der Waals surface area contributed by atoms with E-state index in [2.05, 4.69) is 49.9 Å². The Morgan fingerprint density at radius 2 is 1.20 bits per heavy atom. The van der Waals surface area contributed by atoms with Crippen LogP contribution >= 0.6 is 0 Å². The Labute approximate surface area is 129 Å². The van der Waals surface area contributed by atoms with E-state index in [1.54, 1.807) is 4.40 Å². The Morgan fingerprint density at radius 3 is 1.65 bits per heavy atom. The fourth-order valence-corrected chi connectivity index (χ4v) is 11.3. The van der Waals surface area contributed by atoms with Gasteiger partial charge in [0.2, 0.25) is 0 Å². The zero-order chi connectivity index (χ0) is 14.7. The maximum atomic E-state index is 2.67. The van der Waals surface area contributed by atoms with Crippen molar-refractivity contribution in [3.05, 3.63) is 30.3 Å². The topological polar surface area (TPSA) is 0 Å². The second-order valence-corrected chi connectivity index (χ2v) is 16.4. The molecule has 0 fully saturated rings. The molecular formula is C19H34Ge. The summed E-state index contributed by atoms with van der Waals surface area (Å²) in [6.07, 6.45) is 11.4. The standard InChI is InChI=1S/C19H34Ge/c1-4-6-8-13-17-20(3,18-14-9-7-5-2)19-15-11-10-12-16-19/h10-12,15-16H,4-9,13-14,17-18H2,1-3H3. The first kappa shape index (κ1) is 17.8. The number of rotatable bonds is 11. The summed E-state index contributed by atoms with van der Waals surface area (Å²) in [5.74, 6) is 2.67. The van der Waals surface area contributed by atoms with Crippen LogP contribution in [-0.4, -0.2) is 13.3 Å². The Bertz CT molecular complexity index is 319. The third kappa shape index (κ3) is 6.48. The Balaban J connectivity index is 2.57. The molecule has 0 aliphatic rings. The molecule has 20 heavy (non-hydrogen) atoms. The van der Waals surface area contributed by atoms with E-state index in [0.717, 1.165) is 0 Å². The van der Waals surface area contributed by atoms with Gasteiger partial charge in [-0.2, -0.15) is 0 Å². The molecule has 0 heterocycles. The molecule has 0 bridgehead atoms. The summed E-state index contributed by atoms with van der Waals surface area (Å²) in [7, 11) is 0. The molecule has 1 aromatic rings. The van der Waals surface area contributed by atoms with E-state index in [9.17, 15) is 0 Å². The van der Waals surface area contributed by atoms with Crippen LogP contribution in [0.3, 0.4) is 0 Å². The van der Waals surface area contributed by atoms with Gasteiger partial charge in [0.05, 0.1) is 0 Å². The van der Waals surface area contributed by atoms with Crippen LogP contribution in [0.1, 0.15) is 65.2 Å². The maximum absolute atomic E-state index is 2.67. The van der Waals surface area contributed by atoms with Crippen molar-refractivity contribution in [2.24, 2.45) is 0 Å². The molecule has 0 aliphatic carbocycles. The molecule has 1 rings (SSSR count). The van der Waals surface area contributed by atoms with Crippen molar-refractivity contribution in [2.45, 2.75) is 81.5 Å². The number of hydrogen-bond donors (Lipinski definition) is 0. The summed E-state index contributed by atoms with van der Waals surface area (Å²) in [5.41, 5.74) is 0. The van der Waals surface area contributed by atoms with Gasteiger partial charge in [0.25, 0.3) is 0 Å². The zero-order valence-corrected chi connectivity index (χ0v) is 16.1. The van der Waals surface area contributed by atoms with Crippen molar-refractivity contribution in [2.75, 3.05) is 0 Å². The first-order chi connectivity index (χ1) is 9.73. The normalized spacial score (nSPS) is 11.8. The average Bonchev–Trinajstić information content (AvgIpc) is 2.49. The molecule has 0 amide bonds. The first-order valence-corrected chi connectivity index (χ1v) is 14.9. The predicted molar refractivity (Wildman–Crippen MR) is 95.6 cm³/mol. The SMILES string of the molecule is CCCCC[CH2][Ge]([CH3])([CH2]CCCCC)[c]1ccccc1. The van der Waals surface area contributed by atoms with Crippen LogP contribution in [0.4, 0.5) is 0 Å². The molecule has 0 nitrogen and oxygen atoms in total. The van der Waals surface area contributed by atoms with E-state index in [1.165, 1.54) is 61.9 Å². The van der Waals surface area contributed by atoms with Crippen molar-refractivity contribution >= 4 is 17.7 Å². The van der Waals surface area contributed by atoms with Crippen LogP contribution in [0.25, 0.3) is 0 Å². The van der Waals surface area contributed by atoms with E-state index in [1.807, 2.05) is 0 Å². The van der Waals surface area contributed by atoms with Crippen LogP contribution in [0.15, 0.2) is 30.3 Å². The van der Waals surface area contributed by atoms with Crippen molar-refractivity contribution < 1.29 is 0 Å². The zero-order valence-electron chi connectivity index (χ0n) is 14.0. The van der Waals surface area contributed by atoms with Gasteiger partial charge in [0.1, 0.15) is 0 Å². The predicted octanol–water partition coefficient (Wildman–Crippen LogP) is 6.13. The Kier molecular flexibility index (Phi) is 9.34. The number of unbranched alkanes of at least 4 members (excludes halogenated alkanes) is 6. The molecular weight excluding hydrogens is 301 g/mol. The van der Waals surface area contributed by atoms with Gasteiger partial charge in [-0.05, 0) is 0 Å². The third-order valence-electron chi connectivity index (χ3n) is 4.63. The van der Waals surface area contributed by atoms with Crippen molar-refractivity contribution in [1.29, 1.82) is 0 Å². The second-order valence-electron chi connectivity index (χ2n) is 6.55. The first-order valence-electron chi connectivity index (χ1n) is 8.78. The summed E-state index contributed by atoms with van der Waals surface area (Å²) in [6, 6.07) is 11.5. The summed E-state index contributed by atoms with van der Waals surface area (Å²) >= 11 is -1.79. The van der Waals surface area contributed by atoms with Crippen LogP contribution in [-0.2, 0) is 0 Å². The molecule has 0 spiro atoms. The molecule has 1 aromatic carbocycles. The van der Waals surface area contributed by atoms with E-state index in [-0.39, 0.29) is 0 Å². The monoisotopic (exact) mass is 336 g/mol. The van der Waals surface area contributed by atoms with Gasteiger partial charge in [-0.25, -0.2) is 0 Å². The summed E-state index contributed by atoms with van der Waals surface area (Å²) < 4.78 is 1.74. The molecule has 0 unspecified atom stereocenters. The van der Waals surface area contributed by atoms with Gasteiger partial charge in [0, 0.05) is 0 Å². The molecule has 0 radical (unpaired) electrons. The van der Waals surface area contributed by atoms with Crippen LogP contribution < -0.4 is 4.40 Å². The minimum atomic E-state index is -1.79. The van der Waals surface area contributed by atoms with Crippen LogP contribution in [0.5, 0.6) is 0 Å². The van der Waals surface area contributed by atoms with Crippen LogP contribution in [0, 0.1) is 0 Å². The van der Waals surface area contributed by atoms with Crippen LogP contribution in [0.2, 0.25) is 16.3 Å². The number of hydrogen-bond acceptors (Lipinski definition) is 0. The van der Waals surface area contributed by atoms with E-state index < -0.39 is 13.3 Å². The number of benzene rings is 1. The van der Waals surface area contributed by atoms with E-state index in [4.69, 9.17) is 0 Å².